The van der Waals surface area contributed by atoms with Crippen LogP contribution in [0.15, 0.2) is 24.3 Å². The van der Waals surface area contributed by atoms with E-state index in [0.29, 0.717) is 17.5 Å². The van der Waals surface area contributed by atoms with Crippen molar-refractivity contribution in [1.29, 1.82) is 0 Å². The van der Waals surface area contributed by atoms with Gasteiger partial charge in [0.1, 0.15) is 0 Å². The minimum Gasteiger partial charge on any atom is -0.391 e. The number of hydrogen-bond acceptors (Lipinski definition) is 4. The summed E-state index contributed by atoms with van der Waals surface area (Å²) in [6, 6.07) is 7.66. The minimum absolute atomic E-state index is 0.303. The predicted octanol–water partition coefficient (Wildman–Crippen LogP) is 2.24. The summed E-state index contributed by atoms with van der Waals surface area (Å²) < 4.78 is 0. The monoisotopic (exact) mass is 263 g/mol. The summed E-state index contributed by atoms with van der Waals surface area (Å²) in [5.41, 5.74) is 1.63. The molecule has 2 heterocycles. The first-order valence-electron chi connectivity index (χ1n) is 6.09. The Hall–Kier alpha value is -1.39. The molecule has 0 spiro atoms. The molecule has 1 N–H and O–H groups in total. The standard InChI is InChI=1S/C13H14ClN3O/c14-12-13(17-7-3-4-9(18)8-17)16-11-6-2-1-5-10(11)15-12/h1-2,5-6,9,18H,3-4,7-8H2/t9-/m1/s1. The van der Waals surface area contributed by atoms with Crippen molar-refractivity contribution in [2.75, 3.05) is 18.0 Å². The Labute approximate surface area is 110 Å². The van der Waals surface area contributed by atoms with Gasteiger partial charge in [-0.15, -0.1) is 0 Å². The first-order valence-corrected chi connectivity index (χ1v) is 6.47. The number of para-hydroxylation sites is 2. The quantitative estimate of drug-likeness (QED) is 0.857. The number of hydrogen-bond donors (Lipinski definition) is 1. The summed E-state index contributed by atoms with van der Waals surface area (Å²) in [5, 5.41) is 10.1. The number of piperidine rings is 1. The molecule has 2 aromatic rings. The maximum Gasteiger partial charge on any atom is 0.172 e. The van der Waals surface area contributed by atoms with Gasteiger partial charge >= 0.3 is 0 Å². The van der Waals surface area contributed by atoms with Gasteiger partial charge in [-0.2, -0.15) is 0 Å². The molecule has 1 aliphatic heterocycles. The second-order valence-corrected chi connectivity index (χ2v) is 4.93. The number of fused-ring (bicyclic) bond motifs is 1. The zero-order valence-corrected chi connectivity index (χ0v) is 10.6. The maximum atomic E-state index is 9.71. The molecular weight excluding hydrogens is 250 g/mol. The van der Waals surface area contributed by atoms with Crippen LogP contribution >= 0.6 is 11.6 Å². The van der Waals surface area contributed by atoms with Crippen molar-refractivity contribution >= 4 is 28.5 Å². The van der Waals surface area contributed by atoms with E-state index in [1.54, 1.807) is 0 Å². The molecule has 1 aromatic heterocycles. The fourth-order valence-corrected chi connectivity index (χ4v) is 2.57. The van der Waals surface area contributed by atoms with E-state index in [-0.39, 0.29) is 6.10 Å². The van der Waals surface area contributed by atoms with Crippen molar-refractivity contribution < 1.29 is 5.11 Å². The highest BCUT2D eigenvalue weighted by atomic mass is 35.5. The smallest absolute Gasteiger partial charge is 0.172 e. The number of β-amino-alcohol motifs (C(OH)–C–C–N with tert-alkyl or cyclic N) is 1. The number of aromatic nitrogens is 2. The van der Waals surface area contributed by atoms with Gasteiger partial charge in [-0.25, -0.2) is 9.97 Å². The lowest BCUT2D eigenvalue weighted by atomic mass is 10.1. The number of rotatable bonds is 1. The Morgan fingerprint density at radius 1 is 1.22 bits per heavy atom. The van der Waals surface area contributed by atoms with E-state index in [2.05, 4.69) is 9.97 Å². The van der Waals surface area contributed by atoms with E-state index in [9.17, 15) is 5.11 Å². The highest BCUT2D eigenvalue weighted by Gasteiger charge is 2.21. The number of halogens is 1. The van der Waals surface area contributed by atoms with Gasteiger partial charge in [0.15, 0.2) is 11.0 Å². The Balaban J connectivity index is 2.02. The van der Waals surface area contributed by atoms with Gasteiger partial charge in [-0.1, -0.05) is 23.7 Å². The first kappa shape index (κ1) is 11.7. The van der Waals surface area contributed by atoms with Crippen molar-refractivity contribution in [2.24, 2.45) is 0 Å². The van der Waals surface area contributed by atoms with Crippen molar-refractivity contribution in [3.05, 3.63) is 29.4 Å². The molecular formula is C13H14ClN3O. The highest BCUT2D eigenvalue weighted by molar-refractivity contribution is 6.32. The second-order valence-electron chi connectivity index (χ2n) is 4.57. The third kappa shape index (κ3) is 2.13. The average Bonchev–Trinajstić information content (AvgIpc) is 2.38. The molecule has 0 radical (unpaired) electrons. The SMILES string of the molecule is O[C@@H]1CCCN(c2nc3ccccc3nc2Cl)C1. The van der Waals surface area contributed by atoms with Crippen molar-refractivity contribution in [2.45, 2.75) is 18.9 Å². The Bertz CT molecular complexity index is 575. The summed E-state index contributed by atoms with van der Waals surface area (Å²) in [5.74, 6) is 0.675. The lowest BCUT2D eigenvalue weighted by Gasteiger charge is -2.31. The molecule has 0 amide bonds. The van der Waals surface area contributed by atoms with E-state index in [4.69, 9.17) is 11.6 Å². The summed E-state index contributed by atoms with van der Waals surface area (Å²) in [7, 11) is 0. The van der Waals surface area contributed by atoms with Crippen LogP contribution in [0.3, 0.4) is 0 Å². The normalized spacial score (nSPS) is 20.3. The third-order valence-electron chi connectivity index (χ3n) is 3.21. The van der Waals surface area contributed by atoms with E-state index in [0.717, 1.165) is 30.4 Å². The number of aliphatic hydroxyl groups excluding tert-OH is 1. The molecule has 5 heteroatoms. The Morgan fingerprint density at radius 2 is 1.94 bits per heavy atom. The fraction of sp³-hybridized carbons (Fsp3) is 0.385. The maximum absolute atomic E-state index is 9.71. The largest absolute Gasteiger partial charge is 0.391 e. The third-order valence-corrected chi connectivity index (χ3v) is 3.46. The van der Waals surface area contributed by atoms with Crippen molar-refractivity contribution in [3.8, 4) is 0 Å². The first-order chi connectivity index (χ1) is 8.74. The predicted molar refractivity (Wildman–Crippen MR) is 72.0 cm³/mol. The molecule has 1 saturated heterocycles. The van der Waals surface area contributed by atoms with Crippen molar-refractivity contribution in [3.63, 3.8) is 0 Å². The van der Waals surface area contributed by atoms with Crippen LogP contribution in [-0.2, 0) is 0 Å². The Kier molecular flexibility index (Phi) is 3.06. The molecule has 0 bridgehead atoms. The molecule has 1 aliphatic rings. The van der Waals surface area contributed by atoms with Crippen LogP contribution < -0.4 is 4.90 Å². The number of nitrogens with zero attached hydrogens (tertiary/aromatic N) is 3. The van der Waals surface area contributed by atoms with Gasteiger partial charge < -0.3 is 10.0 Å². The van der Waals surface area contributed by atoms with E-state index in [1.165, 1.54) is 0 Å². The van der Waals surface area contributed by atoms with Gasteiger partial charge in [-0.3, -0.25) is 0 Å². The van der Waals surface area contributed by atoms with Gasteiger partial charge in [0, 0.05) is 13.1 Å². The molecule has 1 atom stereocenters. The molecule has 94 valence electrons. The molecule has 0 saturated carbocycles. The van der Waals surface area contributed by atoms with E-state index in [1.807, 2.05) is 29.2 Å². The lowest BCUT2D eigenvalue weighted by molar-refractivity contribution is 0.154. The molecule has 4 nitrogen and oxygen atoms in total. The zero-order valence-electron chi connectivity index (χ0n) is 9.88. The lowest BCUT2D eigenvalue weighted by Crippen LogP contribution is -2.39. The minimum atomic E-state index is -0.303. The molecule has 0 unspecified atom stereocenters. The molecule has 3 rings (SSSR count). The Morgan fingerprint density at radius 3 is 2.67 bits per heavy atom. The van der Waals surface area contributed by atoms with Crippen LogP contribution in [0.5, 0.6) is 0 Å². The summed E-state index contributed by atoms with van der Waals surface area (Å²) in [6.45, 7) is 1.44. The highest BCUT2D eigenvalue weighted by Crippen LogP contribution is 2.26. The van der Waals surface area contributed by atoms with E-state index >= 15 is 0 Å². The van der Waals surface area contributed by atoms with Gasteiger partial charge in [0.25, 0.3) is 0 Å². The number of aliphatic hydroxyl groups is 1. The van der Waals surface area contributed by atoms with E-state index < -0.39 is 0 Å². The van der Waals surface area contributed by atoms with Crippen molar-refractivity contribution in [1.82, 2.24) is 9.97 Å². The summed E-state index contributed by atoms with van der Waals surface area (Å²) >= 11 is 6.19. The zero-order chi connectivity index (χ0) is 12.5. The van der Waals surface area contributed by atoms with Gasteiger partial charge in [0.05, 0.1) is 17.1 Å². The second kappa shape index (κ2) is 4.71. The van der Waals surface area contributed by atoms with Crippen LogP contribution in [0.25, 0.3) is 11.0 Å². The summed E-state index contributed by atoms with van der Waals surface area (Å²) in [6.07, 6.45) is 1.49. The van der Waals surface area contributed by atoms with Crippen LogP contribution in [0, 0.1) is 0 Å². The van der Waals surface area contributed by atoms with Crippen LogP contribution in [0.4, 0.5) is 5.82 Å². The van der Waals surface area contributed by atoms with Gasteiger partial charge in [-0.05, 0) is 25.0 Å². The average molecular weight is 264 g/mol. The molecule has 0 aliphatic carbocycles. The van der Waals surface area contributed by atoms with Gasteiger partial charge in [0.2, 0.25) is 0 Å². The number of benzene rings is 1. The van der Waals surface area contributed by atoms with Crippen LogP contribution in [-0.4, -0.2) is 34.3 Å². The fourth-order valence-electron chi connectivity index (χ4n) is 2.32. The molecule has 1 aromatic carbocycles. The molecule has 1 fully saturated rings. The summed E-state index contributed by atoms with van der Waals surface area (Å²) in [4.78, 5) is 10.9. The number of anilines is 1. The molecule has 18 heavy (non-hydrogen) atoms. The van der Waals surface area contributed by atoms with Crippen LogP contribution in [0.1, 0.15) is 12.8 Å². The van der Waals surface area contributed by atoms with Crippen LogP contribution in [0.2, 0.25) is 5.15 Å². The topological polar surface area (TPSA) is 49.2 Å².